The van der Waals surface area contributed by atoms with E-state index < -0.39 is 0 Å². The SMILES string of the molecule is CC(C)c1ccc(NC(=O)N2CC(N3CCC4(CC3)OCCO4)C2)cc1. The van der Waals surface area contributed by atoms with Gasteiger partial charge in [0.05, 0.1) is 13.2 Å². The number of hydrogen-bond acceptors (Lipinski definition) is 4. The van der Waals surface area contributed by atoms with Gasteiger partial charge in [-0.2, -0.15) is 0 Å². The molecule has 0 saturated carbocycles. The number of likely N-dealkylation sites (tertiary alicyclic amines) is 2. The minimum absolute atomic E-state index is 0.00511. The van der Waals surface area contributed by atoms with Crippen LogP contribution in [0.3, 0.4) is 0 Å². The molecular formula is C20H29N3O3. The monoisotopic (exact) mass is 359 g/mol. The molecule has 1 aromatic carbocycles. The van der Waals surface area contributed by atoms with Gasteiger partial charge in [-0.05, 0) is 23.6 Å². The number of hydrogen-bond donors (Lipinski definition) is 1. The third-order valence-electron chi connectivity index (χ3n) is 5.87. The first-order valence-electron chi connectivity index (χ1n) is 9.72. The highest BCUT2D eigenvalue weighted by molar-refractivity contribution is 5.89. The topological polar surface area (TPSA) is 54.0 Å². The van der Waals surface area contributed by atoms with Crippen molar-refractivity contribution in [3.8, 4) is 0 Å². The molecule has 0 radical (unpaired) electrons. The van der Waals surface area contributed by atoms with Crippen LogP contribution < -0.4 is 5.32 Å². The second kappa shape index (κ2) is 7.18. The molecular weight excluding hydrogens is 330 g/mol. The molecule has 0 aliphatic carbocycles. The summed E-state index contributed by atoms with van der Waals surface area (Å²) in [5.74, 6) is 0.180. The van der Waals surface area contributed by atoms with Crippen LogP contribution >= 0.6 is 0 Å². The van der Waals surface area contributed by atoms with Gasteiger partial charge in [-0.25, -0.2) is 4.79 Å². The number of ether oxygens (including phenoxy) is 2. The molecule has 26 heavy (non-hydrogen) atoms. The van der Waals surface area contributed by atoms with Crippen molar-refractivity contribution in [2.75, 3.05) is 44.7 Å². The van der Waals surface area contributed by atoms with E-state index in [2.05, 4.69) is 36.2 Å². The van der Waals surface area contributed by atoms with E-state index in [1.165, 1.54) is 5.56 Å². The number of urea groups is 1. The Morgan fingerprint density at radius 3 is 2.31 bits per heavy atom. The molecule has 1 spiro atoms. The van der Waals surface area contributed by atoms with Crippen molar-refractivity contribution in [3.05, 3.63) is 29.8 Å². The Morgan fingerprint density at radius 1 is 1.12 bits per heavy atom. The number of benzene rings is 1. The first kappa shape index (κ1) is 17.8. The Kier molecular flexibility index (Phi) is 4.90. The van der Waals surface area contributed by atoms with E-state index in [1.54, 1.807) is 0 Å². The first-order chi connectivity index (χ1) is 12.5. The Hall–Kier alpha value is -1.63. The summed E-state index contributed by atoms with van der Waals surface area (Å²) in [6.07, 6.45) is 1.86. The summed E-state index contributed by atoms with van der Waals surface area (Å²) in [7, 11) is 0. The number of anilines is 1. The zero-order valence-electron chi connectivity index (χ0n) is 15.7. The predicted molar refractivity (Wildman–Crippen MR) is 100 cm³/mol. The summed E-state index contributed by atoms with van der Waals surface area (Å²) < 4.78 is 11.6. The zero-order chi connectivity index (χ0) is 18.1. The van der Waals surface area contributed by atoms with Crippen molar-refractivity contribution in [1.29, 1.82) is 0 Å². The maximum Gasteiger partial charge on any atom is 0.321 e. The van der Waals surface area contributed by atoms with Gasteiger partial charge >= 0.3 is 6.03 Å². The van der Waals surface area contributed by atoms with Gasteiger partial charge in [-0.3, -0.25) is 4.90 Å². The molecule has 3 heterocycles. The van der Waals surface area contributed by atoms with Crippen molar-refractivity contribution in [3.63, 3.8) is 0 Å². The standard InChI is InChI=1S/C20H29N3O3/c1-15(2)16-3-5-17(6-4-16)21-19(24)23-13-18(14-23)22-9-7-20(8-10-22)25-11-12-26-20/h3-6,15,18H,7-14H2,1-2H3,(H,21,24). The molecule has 3 saturated heterocycles. The molecule has 0 unspecified atom stereocenters. The Labute approximate surface area is 155 Å². The van der Waals surface area contributed by atoms with E-state index >= 15 is 0 Å². The summed E-state index contributed by atoms with van der Waals surface area (Å²) in [5, 5.41) is 3.00. The van der Waals surface area contributed by atoms with Crippen molar-refractivity contribution < 1.29 is 14.3 Å². The van der Waals surface area contributed by atoms with Crippen molar-refractivity contribution in [2.45, 2.75) is 44.4 Å². The molecule has 6 nitrogen and oxygen atoms in total. The highest BCUT2D eigenvalue weighted by Crippen LogP contribution is 2.33. The minimum atomic E-state index is -0.320. The Balaban J connectivity index is 1.22. The third kappa shape index (κ3) is 3.59. The van der Waals surface area contributed by atoms with Crippen LogP contribution in [0.1, 0.15) is 38.2 Å². The fourth-order valence-electron chi connectivity index (χ4n) is 4.02. The third-order valence-corrected chi connectivity index (χ3v) is 5.87. The van der Waals surface area contributed by atoms with Gasteiger partial charge in [0.2, 0.25) is 0 Å². The first-order valence-corrected chi connectivity index (χ1v) is 9.72. The van der Waals surface area contributed by atoms with Gasteiger partial charge in [-0.15, -0.1) is 0 Å². The number of carbonyl (C=O) groups excluding carboxylic acids is 1. The molecule has 3 aliphatic heterocycles. The van der Waals surface area contributed by atoms with Crippen LogP contribution in [0.4, 0.5) is 10.5 Å². The minimum Gasteiger partial charge on any atom is -0.347 e. The molecule has 2 amide bonds. The molecule has 1 N–H and O–H groups in total. The summed E-state index contributed by atoms with van der Waals surface area (Å²) in [6, 6.07) is 8.58. The highest BCUT2D eigenvalue weighted by Gasteiger charge is 2.43. The van der Waals surface area contributed by atoms with Crippen LogP contribution in [-0.4, -0.2) is 67.1 Å². The highest BCUT2D eigenvalue weighted by atomic mass is 16.7. The van der Waals surface area contributed by atoms with E-state index in [1.807, 2.05) is 17.0 Å². The van der Waals surface area contributed by atoms with Crippen LogP contribution in [0.15, 0.2) is 24.3 Å². The van der Waals surface area contributed by atoms with Gasteiger partial charge in [-0.1, -0.05) is 26.0 Å². The molecule has 6 heteroatoms. The van der Waals surface area contributed by atoms with Gasteiger partial charge in [0, 0.05) is 50.7 Å². The van der Waals surface area contributed by atoms with Gasteiger partial charge in [0.25, 0.3) is 0 Å². The van der Waals surface area contributed by atoms with Crippen LogP contribution in [0.25, 0.3) is 0 Å². The van der Waals surface area contributed by atoms with Gasteiger partial charge in [0.15, 0.2) is 5.79 Å². The van der Waals surface area contributed by atoms with E-state index in [4.69, 9.17) is 9.47 Å². The lowest BCUT2D eigenvalue weighted by atomic mass is 9.99. The fraction of sp³-hybridized carbons (Fsp3) is 0.650. The average molecular weight is 359 g/mol. The lowest BCUT2D eigenvalue weighted by Gasteiger charge is -2.48. The summed E-state index contributed by atoms with van der Waals surface area (Å²) in [4.78, 5) is 16.8. The second-order valence-corrected chi connectivity index (χ2v) is 7.91. The number of carbonyl (C=O) groups is 1. The second-order valence-electron chi connectivity index (χ2n) is 7.91. The quantitative estimate of drug-likeness (QED) is 0.902. The molecule has 3 aliphatic rings. The zero-order valence-corrected chi connectivity index (χ0v) is 15.7. The predicted octanol–water partition coefficient (Wildman–Crippen LogP) is 2.87. The molecule has 0 bridgehead atoms. The van der Waals surface area contributed by atoms with Crippen molar-refractivity contribution in [2.24, 2.45) is 0 Å². The lowest BCUT2D eigenvalue weighted by Crippen LogP contribution is -2.64. The lowest BCUT2D eigenvalue weighted by molar-refractivity contribution is -0.190. The molecule has 4 rings (SSSR count). The van der Waals surface area contributed by atoms with Gasteiger partial charge in [0.1, 0.15) is 0 Å². The van der Waals surface area contributed by atoms with E-state index in [-0.39, 0.29) is 11.8 Å². The molecule has 142 valence electrons. The maximum atomic E-state index is 12.4. The molecule has 0 aromatic heterocycles. The van der Waals surface area contributed by atoms with Gasteiger partial charge < -0.3 is 19.7 Å². The van der Waals surface area contributed by atoms with Crippen LogP contribution in [0.2, 0.25) is 0 Å². The largest absolute Gasteiger partial charge is 0.347 e. The van der Waals surface area contributed by atoms with E-state index in [0.717, 1.165) is 57.9 Å². The van der Waals surface area contributed by atoms with Crippen LogP contribution in [0.5, 0.6) is 0 Å². The molecule has 1 aromatic rings. The number of amides is 2. The van der Waals surface area contributed by atoms with Crippen molar-refractivity contribution in [1.82, 2.24) is 9.80 Å². The summed E-state index contributed by atoms with van der Waals surface area (Å²) in [6.45, 7) is 9.33. The maximum absolute atomic E-state index is 12.4. The molecule has 0 atom stereocenters. The number of piperidine rings is 1. The average Bonchev–Trinajstić information content (AvgIpc) is 3.04. The van der Waals surface area contributed by atoms with E-state index in [9.17, 15) is 4.79 Å². The van der Waals surface area contributed by atoms with Crippen LogP contribution in [0, 0.1) is 0 Å². The summed E-state index contributed by atoms with van der Waals surface area (Å²) >= 11 is 0. The smallest absolute Gasteiger partial charge is 0.321 e. The van der Waals surface area contributed by atoms with Crippen LogP contribution in [-0.2, 0) is 9.47 Å². The summed E-state index contributed by atoms with van der Waals surface area (Å²) in [5.41, 5.74) is 2.14. The number of rotatable bonds is 3. The Bertz CT molecular complexity index is 624. The Morgan fingerprint density at radius 2 is 1.73 bits per heavy atom. The van der Waals surface area contributed by atoms with Crippen molar-refractivity contribution >= 4 is 11.7 Å². The fourth-order valence-corrected chi connectivity index (χ4v) is 4.02. The number of nitrogens with one attached hydrogen (secondary N) is 1. The number of nitrogens with zero attached hydrogens (tertiary/aromatic N) is 2. The van der Waals surface area contributed by atoms with E-state index in [0.29, 0.717) is 12.0 Å². The molecule has 3 fully saturated rings. The normalized spacial score (nSPS) is 23.4.